The van der Waals surface area contributed by atoms with E-state index < -0.39 is 0 Å². The van der Waals surface area contributed by atoms with Crippen molar-refractivity contribution in [2.24, 2.45) is 23.2 Å². The number of carbonyl (C=O) groups is 1. The van der Waals surface area contributed by atoms with Crippen LogP contribution in [0.15, 0.2) is 12.2 Å². The molecule has 1 fully saturated rings. The number of allylic oxidation sites excluding steroid dienone is 1. The molecule has 0 aromatic carbocycles. The van der Waals surface area contributed by atoms with Crippen LogP contribution in [0.5, 0.6) is 0 Å². The Morgan fingerprint density at radius 3 is 2.41 bits per heavy atom. The third kappa shape index (κ3) is 3.43. The van der Waals surface area contributed by atoms with Gasteiger partial charge in [-0.15, -0.1) is 0 Å². The zero-order valence-electron chi connectivity index (χ0n) is 12.2. The maximum absolute atomic E-state index is 11.8. The van der Waals surface area contributed by atoms with Crippen molar-refractivity contribution in [3.05, 3.63) is 12.2 Å². The Hall–Kier alpha value is -0.590. The topological polar surface area (TPSA) is 17.1 Å². The van der Waals surface area contributed by atoms with Gasteiger partial charge >= 0.3 is 0 Å². The Kier molecular flexibility index (Phi) is 4.57. The Morgan fingerprint density at radius 1 is 1.35 bits per heavy atom. The number of hydrogen-bond acceptors (Lipinski definition) is 1. The van der Waals surface area contributed by atoms with E-state index in [1.165, 1.54) is 5.57 Å². The molecule has 98 valence electrons. The minimum atomic E-state index is 0.0611. The smallest absolute Gasteiger partial charge is 0.134 e. The number of carbonyl (C=O) groups excluding carboxylic acids is 1. The molecule has 0 N–H and O–H groups in total. The van der Waals surface area contributed by atoms with Crippen molar-refractivity contribution in [2.75, 3.05) is 0 Å². The largest absolute Gasteiger partial charge is 0.300 e. The molecule has 1 saturated carbocycles. The molecule has 0 spiro atoms. The second-order valence-corrected chi connectivity index (χ2v) is 6.87. The minimum Gasteiger partial charge on any atom is -0.300 e. The van der Waals surface area contributed by atoms with Crippen LogP contribution in [0.4, 0.5) is 0 Å². The Balaban J connectivity index is 2.82. The lowest BCUT2D eigenvalue weighted by Gasteiger charge is -2.35. The van der Waals surface area contributed by atoms with Gasteiger partial charge in [0.05, 0.1) is 0 Å². The first-order chi connectivity index (χ1) is 7.75. The van der Waals surface area contributed by atoms with Gasteiger partial charge in [0.25, 0.3) is 0 Å². The van der Waals surface area contributed by atoms with Gasteiger partial charge < -0.3 is 0 Å². The second kappa shape index (κ2) is 5.37. The molecule has 0 aromatic heterocycles. The lowest BCUT2D eigenvalue weighted by molar-refractivity contribution is -0.117. The number of Topliss-reactive ketones (excluding diaryl/α,β-unsaturated/α-hetero) is 1. The van der Waals surface area contributed by atoms with Gasteiger partial charge in [-0.05, 0) is 36.0 Å². The summed E-state index contributed by atoms with van der Waals surface area (Å²) in [5, 5.41) is 0. The zero-order valence-corrected chi connectivity index (χ0v) is 12.2. The van der Waals surface area contributed by atoms with Gasteiger partial charge in [-0.25, -0.2) is 0 Å². The highest BCUT2D eigenvalue weighted by Crippen LogP contribution is 2.50. The molecule has 0 heterocycles. The van der Waals surface area contributed by atoms with E-state index in [1.807, 2.05) is 0 Å². The van der Waals surface area contributed by atoms with Crippen molar-refractivity contribution in [3.63, 3.8) is 0 Å². The van der Waals surface area contributed by atoms with Crippen molar-refractivity contribution in [2.45, 2.75) is 60.3 Å². The van der Waals surface area contributed by atoms with Crippen LogP contribution in [-0.4, -0.2) is 5.78 Å². The zero-order chi connectivity index (χ0) is 13.2. The summed E-state index contributed by atoms with van der Waals surface area (Å²) in [6, 6.07) is 0. The van der Waals surface area contributed by atoms with Crippen LogP contribution >= 0.6 is 0 Å². The normalized spacial score (nSPS) is 29.4. The van der Waals surface area contributed by atoms with Gasteiger partial charge in [0.1, 0.15) is 5.78 Å². The lowest BCUT2D eigenvalue weighted by atomic mass is 9.69. The molecule has 2 atom stereocenters. The van der Waals surface area contributed by atoms with E-state index in [1.54, 1.807) is 0 Å². The number of hydrogen-bond donors (Lipinski definition) is 0. The molecule has 1 aliphatic carbocycles. The van der Waals surface area contributed by atoms with Crippen LogP contribution in [0.3, 0.4) is 0 Å². The van der Waals surface area contributed by atoms with Crippen molar-refractivity contribution in [3.8, 4) is 0 Å². The van der Waals surface area contributed by atoms with Crippen LogP contribution in [0.25, 0.3) is 0 Å². The summed E-state index contributed by atoms with van der Waals surface area (Å²) < 4.78 is 0. The molecule has 0 amide bonds. The quantitative estimate of drug-likeness (QED) is 0.637. The molecule has 17 heavy (non-hydrogen) atoms. The predicted molar refractivity (Wildman–Crippen MR) is 73.9 cm³/mol. The van der Waals surface area contributed by atoms with Crippen LogP contribution in [0, 0.1) is 23.2 Å². The van der Waals surface area contributed by atoms with Gasteiger partial charge in [0, 0.05) is 12.8 Å². The fourth-order valence-electron chi connectivity index (χ4n) is 3.18. The van der Waals surface area contributed by atoms with Gasteiger partial charge in [-0.3, -0.25) is 4.79 Å². The highest BCUT2D eigenvalue weighted by molar-refractivity contribution is 5.82. The van der Waals surface area contributed by atoms with Crippen molar-refractivity contribution >= 4 is 5.78 Å². The SMILES string of the molecule is C=C(CC(C)C)[C@]1(C)CC(=O)C[C@H]1CC(C)C. The summed E-state index contributed by atoms with van der Waals surface area (Å²) in [4.78, 5) is 11.8. The third-order valence-corrected chi connectivity index (χ3v) is 4.16. The van der Waals surface area contributed by atoms with Gasteiger partial charge in [0.15, 0.2) is 0 Å². The summed E-state index contributed by atoms with van der Waals surface area (Å²) in [7, 11) is 0. The van der Waals surface area contributed by atoms with E-state index in [2.05, 4.69) is 41.2 Å². The van der Waals surface area contributed by atoms with Crippen LogP contribution in [0.1, 0.15) is 60.3 Å². The first-order valence-electron chi connectivity index (χ1n) is 6.95. The molecule has 1 nitrogen and oxygen atoms in total. The van der Waals surface area contributed by atoms with Gasteiger partial charge in [0.2, 0.25) is 0 Å². The van der Waals surface area contributed by atoms with Gasteiger partial charge in [-0.2, -0.15) is 0 Å². The van der Waals surface area contributed by atoms with Crippen molar-refractivity contribution in [1.82, 2.24) is 0 Å². The molecule has 0 aromatic rings. The maximum Gasteiger partial charge on any atom is 0.134 e. The molecule has 0 bridgehead atoms. The van der Waals surface area contributed by atoms with E-state index in [9.17, 15) is 4.79 Å². The van der Waals surface area contributed by atoms with Crippen LogP contribution in [-0.2, 0) is 4.79 Å². The number of ketones is 1. The average Bonchev–Trinajstić information content (AvgIpc) is 2.40. The molecule has 1 heteroatoms. The minimum absolute atomic E-state index is 0.0611. The second-order valence-electron chi connectivity index (χ2n) is 6.87. The molecule has 1 aliphatic rings. The Morgan fingerprint density at radius 2 is 1.94 bits per heavy atom. The highest BCUT2D eigenvalue weighted by Gasteiger charge is 2.44. The fraction of sp³-hybridized carbons (Fsp3) is 0.812. The first-order valence-corrected chi connectivity index (χ1v) is 6.95. The fourth-order valence-corrected chi connectivity index (χ4v) is 3.18. The van der Waals surface area contributed by atoms with Crippen molar-refractivity contribution < 1.29 is 4.79 Å². The summed E-state index contributed by atoms with van der Waals surface area (Å²) in [5.74, 6) is 2.25. The third-order valence-electron chi connectivity index (χ3n) is 4.16. The van der Waals surface area contributed by atoms with E-state index in [0.717, 1.165) is 25.7 Å². The summed E-state index contributed by atoms with van der Waals surface area (Å²) >= 11 is 0. The maximum atomic E-state index is 11.8. The van der Waals surface area contributed by atoms with Crippen LogP contribution in [0.2, 0.25) is 0 Å². The molecular weight excluding hydrogens is 208 g/mol. The van der Waals surface area contributed by atoms with E-state index in [0.29, 0.717) is 23.5 Å². The van der Waals surface area contributed by atoms with Crippen molar-refractivity contribution in [1.29, 1.82) is 0 Å². The lowest BCUT2D eigenvalue weighted by Crippen LogP contribution is -2.26. The van der Waals surface area contributed by atoms with E-state index in [4.69, 9.17) is 0 Å². The number of rotatable bonds is 5. The Labute approximate surface area is 107 Å². The summed E-state index contributed by atoms with van der Waals surface area (Å²) in [6.45, 7) is 15.5. The van der Waals surface area contributed by atoms with E-state index in [-0.39, 0.29) is 5.41 Å². The molecular formula is C16H28O. The summed E-state index contributed by atoms with van der Waals surface area (Å²) in [5.41, 5.74) is 1.36. The molecule has 0 unspecified atom stereocenters. The van der Waals surface area contributed by atoms with Crippen LogP contribution < -0.4 is 0 Å². The monoisotopic (exact) mass is 236 g/mol. The Bertz CT molecular complexity index is 301. The first kappa shape index (κ1) is 14.5. The molecule has 1 rings (SSSR count). The van der Waals surface area contributed by atoms with Gasteiger partial charge in [-0.1, -0.05) is 46.8 Å². The summed E-state index contributed by atoms with van der Waals surface area (Å²) in [6.07, 6.45) is 3.69. The molecule has 0 aliphatic heterocycles. The molecule has 0 saturated heterocycles. The predicted octanol–water partition coefficient (Wildman–Crippen LogP) is 4.62. The average molecular weight is 236 g/mol. The highest BCUT2D eigenvalue weighted by atomic mass is 16.1. The standard InChI is InChI=1S/C16H28O/c1-11(2)7-13(5)16(6)10-15(17)9-14(16)8-12(3)4/h11-12,14H,5,7-10H2,1-4,6H3/t14-,16+/m1/s1. The van der Waals surface area contributed by atoms with E-state index >= 15 is 0 Å². The molecule has 0 radical (unpaired) electrons.